The molecule has 0 bridgehead atoms. The summed E-state index contributed by atoms with van der Waals surface area (Å²) in [6.45, 7) is 0. The van der Waals surface area contributed by atoms with Crippen molar-refractivity contribution >= 4 is 109 Å². The Labute approximate surface area is 197 Å². The third kappa shape index (κ3) is 3.34. The molecule has 2 heterocycles. The van der Waals surface area contributed by atoms with Gasteiger partial charge in [0.15, 0.2) is 0 Å². The highest BCUT2D eigenvalue weighted by atomic mass is 79.9. The molecule has 28 heavy (non-hydrogen) atoms. The van der Waals surface area contributed by atoms with Gasteiger partial charge in [0.25, 0.3) is 0 Å². The number of halogens is 2. The minimum Gasteiger partial charge on any atom is -0.0895 e. The van der Waals surface area contributed by atoms with Crippen LogP contribution in [0.4, 0.5) is 0 Å². The molecule has 2 aliphatic rings. The number of benzene rings is 3. The van der Waals surface area contributed by atoms with E-state index in [1.54, 1.807) is 0 Å². The maximum atomic E-state index is 3.67. The summed E-state index contributed by atoms with van der Waals surface area (Å²) in [5, 5.41) is 14.3. The van der Waals surface area contributed by atoms with Crippen LogP contribution in [0, 0.1) is 0 Å². The van der Waals surface area contributed by atoms with Crippen LogP contribution in [0.25, 0.3) is 30.0 Å². The lowest BCUT2D eigenvalue weighted by atomic mass is 9.99. The van der Waals surface area contributed by atoms with Crippen LogP contribution in [-0.4, -0.2) is 10.7 Å². The lowest BCUT2D eigenvalue weighted by Crippen LogP contribution is -2.16. The Kier molecular flexibility index (Phi) is 5.97. The van der Waals surface area contributed by atoms with Crippen LogP contribution in [-0.2, 0) is 0 Å². The minimum absolute atomic E-state index is 0.903. The van der Waals surface area contributed by atoms with Gasteiger partial charge in [0.1, 0.15) is 0 Å². The minimum atomic E-state index is 0.903. The van der Waals surface area contributed by atoms with E-state index in [4.69, 9.17) is 0 Å². The summed E-state index contributed by atoms with van der Waals surface area (Å²) >= 11 is 14.8. The summed E-state index contributed by atoms with van der Waals surface area (Å²) in [5.74, 6) is 0. The molecule has 0 N–H and O–H groups in total. The standard InChI is InChI=1S/C22H14Br2S4/c23-11-17-18(12-24)28-22(27-17)20-15-7-3-1-5-13(15)19(21-25-9-10-26-21)14-6-2-4-8-16(14)20/h1-10H,11-12H2. The monoisotopic (exact) mass is 564 g/mol. The Balaban J connectivity index is 1.97. The van der Waals surface area contributed by atoms with E-state index in [0.29, 0.717) is 0 Å². The summed E-state index contributed by atoms with van der Waals surface area (Å²) < 4.78 is 2.76. The molecule has 0 saturated heterocycles. The molecule has 0 nitrogen and oxygen atoms in total. The highest BCUT2D eigenvalue weighted by Crippen LogP contribution is 2.51. The summed E-state index contributed by atoms with van der Waals surface area (Å²) in [5.41, 5.74) is 0. The van der Waals surface area contributed by atoms with Gasteiger partial charge >= 0.3 is 0 Å². The Hall–Kier alpha value is -0.240. The molecule has 3 aromatic rings. The summed E-state index contributed by atoms with van der Waals surface area (Å²) in [6.07, 6.45) is 0. The van der Waals surface area contributed by atoms with Gasteiger partial charge < -0.3 is 0 Å². The van der Waals surface area contributed by atoms with Crippen LogP contribution < -0.4 is 10.4 Å². The second kappa shape index (κ2) is 8.48. The molecule has 0 amide bonds. The van der Waals surface area contributed by atoms with Crippen LogP contribution in [0.1, 0.15) is 0 Å². The van der Waals surface area contributed by atoms with Crippen LogP contribution >= 0.6 is 78.9 Å². The van der Waals surface area contributed by atoms with E-state index < -0.39 is 0 Å². The molecular formula is C22H14Br2S4. The van der Waals surface area contributed by atoms with Gasteiger partial charge in [-0.3, -0.25) is 0 Å². The molecule has 0 fully saturated rings. The van der Waals surface area contributed by atoms with Crippen LogP contribution in [0.15, 0.2) is 69.2 Å². The third-order valence-electron chi connectivity index (χ3n) is 4.73. The van der Waals surface area contributed by atoms with Gasteiger partial charge in [0.2, 0.25) is 0 Å². The quantitative estimate of drug-likeness (QED) is 0.232. The van der Waals surface area contributed by atoms with Crippen molar-refractivity contribution in [3.63, 3.8) is 0 Å². The van der Waals surface area contributed by atoms with Crippen molar-refractivity contribution in [3.05, 3.63) is 79.6 Å². The summed E-state index contributed by atoms with van der Waals surface area (Å²) in [4.78, 5) is 2.82. The molecule has 0 spiro atoms. The largest absolute Gasteiger partial charge is 0.0895 e. The number of thioether (sulfide) groups is 4. The number of hydrogen-bond acceptors (Lipinski definition) is 4. The lowest BCUT2D eigenvalue weighted by molar-refractivity contribution is 1.63. The van der Waals surface area contributed by atoms with Gasteiger partial charge in [0.05, 0.1) is 8.47 Å². The van der Waals surface area contributed by atoms with Crippen molar-refractivity contribution in [2.24, 2.45) is 0 Å². The normalized spacial score (nSPS) is 16.9. The zero-order valence-electron chi connectivity index (χ0n) is 14.6. The molecular weight excluding hydrogens is 552 g/mol. The van der Waals surface area contributed by atoms with E-state index in [9.17, 15) is 0 Å². The van der Waals surface area contributed by atoms with E-state index in [-0.39, 0.29) is 0 Å². The fraction of sp³-hybridized carbons (Fsp3) is 0.0909. The van der Waals surface area contributed by atoms with E-state index in [1.165, 1.54) is 50.3 Å². The van der Waals surface area contributed by atoms with E-state index in [1.807, 2.05) is 47.0 Å². The topological polar surface area (TPSA) is 0 Å². The highest BCUT2D eigenvalue weighted by molar-refractivity contribution is 9.09. The van der Waals surface area contributed by atoms with Gasteiger partial charge in [-0.05, 0) is 32.4 Å². The molecule has 0 unspecified atom stereocenters. The fourth-order valence-corrected chi connectivity index (χ4v) is 9.81. The molecule has 0 saturated carbocycles. The summed E-state index contributed by atoms with van der Waals surface area (Å²) in [7, 11) is 0. The zero-order chi connectivity index (χ0) is 19.1. The highest BCUT2D eigenvalue weighted by Gasteiger charge is 2.22. The van der Waals surface area contributed by atoms with Crippen LogP contribution in [0.3, 0.4) is 0 Å². The molecule has 0 radical (unpaired) electrons. The van der Waals surface area contributed by atoms with Gasteiger partial charge in [-0.2, -0.15) is 0 Å². The van der Waals surface area contributed by atoms with Crippen molar-refractivity contribution < 1.29 is 0 Å². The first-order valence-electron chi connectivity index (χ1n) is 8.68. The average molecular weight is 566 g/mol. The maximum Gasteiger partial charge on any atom is 0.0578 e. The number of allylic oxidation sites excluding steroid dienone is 2. The Bertz CT molecular complexity index is 1200. The molecule has 6 heteroatoms. The van der Waals surface area contributed by atoms with Crippen LogP contribution in [0.5, 0.6) is 0 Å². The number of fused-ring (bicyclic) bond motifs is 2. The van der Waals surface area contributed by atoms with E-state index in [0.717, 1.165) is 10.7 Å². The zero-order valence-corrected chi connectivity index (χ0v) is 21.0. The second-order valence-corrected chi connectivity index (χ2v) is 11.9. The molecule has 5 rings (SSSR count). The molecule has 140 valence electrons. The molecule has 0 aromatic heterocycles. The van der Waals surface area contributed by atoms with Crippen molar-refractivity contribution in [2.45, 2.75) is 0 Å². The lowest BCUT2D eigenvalue weighted by Gasteiger charge is -2.11. The number of alkyl halides is 2. The van der Waals surface area contributed by atoms with Gasteiger partial charge in [0, 0.05) is 30.9 Å². The molecule has 0 atom stereocenters. The maximum absolute atomic E-state index is 3.67. The SMILES string of the molecule is BrCC1=C(CBr)SC(=c2c3ccccc3c(=C3SC=CS3)c3ccccc23)S1. The van der Waals surface area contributed by atoms with Gasteiger partial charge in [-0.15, -0.1) is 0 Å². The number of hydrogen-bond donors (Lipinski definition) is 0. The summed E-state index contributed by atoms with van der Waals surface area (Å²) in [6, 6.07) is 17.8. The van der Waals surface area contributed by atoms with Crippen molar-refractivity contribution in [1.29, 1.82) is 0 Å². The number of rotatable bonds is 2. The predicted molar refractivity (Wildman–Crippen MR) is 142 cm³/mol. The van der Waals surface area contributed by atoms with E-state index in [2.05, 4.69) is 91.2 Å². The van der Waals surface area contributed by atoms with Crippen LogP contribution in [0.2, 0.25) is 0 Å². The Morgan fingerprint density at radius 3 is 1.36 bits per heavy atom. The first kappa shape index (κ1) is 19.7. The third-order valence-corrected chi connectivity index (χ3v) is 11.4. The Morgan fingerprint density at radius 1 is 0.571 bits per heavy atom. The van der Waals surface area contributed by atoms with Gasteiger partial charge in [-0.25, -0.2) is 0 Å². The first-order valence-corrected chi connectivity index (χ1v) is 14.3. The molecule has 0 aliphatic carbocycles. The van der Waals surface area contributed by atoms with Crippen molar-refractivity contribution in [3.8, 4) is 0 Å². The first-order chi connectivity index (χ1) is 13.8. The van der Waals surface area contributed by atoms with E-state index >= 15 is 0 Å². The van der Waals surface area contributed by atoms with Crippen molar-refractivity contribution in [1.82, 2.24) is 0 Å². The predicted octanol–water partition coefficient (Wildman–Crippen LogP) is 7.56. The fourth-order valence-electron chi connectivity index (χ4n) is 3.56. The second-order valence-electron chi connectivity index (χ2n) is 6.24. The average Bonchev–Trinajstić information content (AvgIpc) is 3.41. The smallest absolute Gasteiger partial charge is 0.0578 e. The Morgan fingerprint density at radius 2 is 0.964 bits per heavy atom. The van der Waals surface area contributed by atoms with Crippen molar-refractivity contribution in [2.75, 3.05) is 10.7 Å². The molecule has 2 aliphatic heterocycles. The van der Waals surface area contributed by atoms with Gasteiger partial charge in [-0.1, -0.05) is 127 Å². The molecule has 3 aromatic carbocycles.